The Labute approximate surface area is 89.0 Å². The van der Waals surface area contributed by atoms with E-state index < -0.39 is 18.0 Å². The molecule has 0 bridgehead atoms. The van der Waals surface area contributed by atoms with Crippen molar-refractivity contribution in [2.75, 3.05) is 20.3 Å². The fourth-order valence-corrected chi connectivity index (χ4v) is 0.613. The van der Waals surface area contributed by atoms with Crippen molar-refractivity contribution in [1.82, 2.24) is 0 Å². The van der Waals surface area contributed by atoms with E-state index >= 15 is 0 Å². The van der Waals surface area contributed by atoms with Gasteiger partial charge in [0, 0.05) is 12.7 Å². The van der Waals surface area contributed by atoms with Gasteiger partial charge in [-0.2, -0.15) is 0 Å². The summed E-state index contributed by atoms with van der Waals surface area (Å²) in [5.41, 5.74) is 0.312. The van der Waals surface area contributed by atoms with Gasteiger partial charge in [-0.25, -0.2) is 9.59 Å². The van der Waals surface area contributed by atoms with Crippen LogP contribution in [-0.4, -0.2) is 38.4 Å². The number of esters is 2. The summed E-state index contributed by atoms with van der Waals surface area (Å²) in [6.45, 7) is 6.56. The normalized spacial score (nSPS) is 11.7. The summed E-state index contributed by atoms with van der Waals surface area (Å²) in [6.07, 6.45) is -0.609. The second-order valence-corrected chi connectivity index (χ2v) is 2.96. The van der Waals surface area contributed by atoms with Crippen LogP contribution in [0.15, 0.2) is 12.2 Å². The summed E-state index contributed by atoms with van der Waals surface area (Å²) in [5, 5.41) is 0. The fourth-order valence-electron chi connectivity index (χ4n) is 0.613. The first-order valence-corrected chi connectivity index (χ1v) is 4.51. The Hall–Kier alpha value is -1.36. The summed E-state index contributed by atoms with van der Waals surface area (Å²) in [4.78, 5) is 21.9. The zero-order chi connectivity index (χ0) is 11.8. The lowest BCUT2D eigenvalue weighted by atomic mass is 10.4. The standard InChI is InChI=1S/C10H16O5/c1-7(2)9(11)14-5-6-15-10(12)8(3)13-4/h8H,1,5-6H2,2-4H3. The van der Waals surface area contributed by atoms with Crippen molar-refractivity contribution in [3.05, 3.63) is 12.2 Å². The number of methoxy groups -OCH3 is 1. The van der Waals surface area contributed by atoms with Crippen molar-refractivity contribution >= 4 is 11.9 Å². The lowest BCUT2D eigenvalue weighted by Crippen LogP contribution is -2.24. The highest BCUT2D eigenvalue weighted by Crippen LogP contribution is 1.94. The molecule has 0 saturated carbocycles. The molecule has 0 aromatic rings. The molecule has 0 fully saturated rings. The second kappa shape index (κ2) is 7.00. The quantitative estimate of drug-likeness (QED) is 0.371. The van der Waals surface area contributed by atoms with Crippen LogP contribution in [0.2, 0.25) is 0 Å². The zero-order valence-electron chi connectivity index (χ0n) is 9.24. The van der Waals surface area contributed by atoms with Gasteiger partial charge in [0.05, 0.1) is 0 Å². The molecular weight excluding hydrogens is 200 g/mol. The SMILES string of the molecule is C=C(C)C(=O)OCCOC(=O)C(C)OC. The van der Waals surface area contributed by atoms with E-state index in [1.54, 1.807) is 13.8 Å². The second-order valence-electron chi connectivity index (χ2n) is 2.96. The lowest BCUT2D eigenvalue weighted by molar-refractivity contribution is -0.158. The Balaban J connectivity index is 3.59. The third-order valence-corrected chi connectivity index (χ3v) is 1.59. The number of carbonyl (C=O) groups is 2. The smallest absolute Gasteiger partial charge is 0.335 e. The molecule has 86 valence electrons. The minimum Gasteiger partial charge on any atom is -0.460 e. The Morgan fingerprint density at radius 1 is 1.27 bits per heavy atom. The minimum absolute atomic E-state index is 0.0194. The molecule has 0 aliphatic rings. The van der Waals surface area contributed by atoms with Crippen LogP contribution >= 0.6 is 0 Å². The number of hydrogen-bond donors (Lipinski definition) is 0. The van der Waals surface area contributed by atoms with Crippen LogP contribution in [0.1, 0.15) is 13.8 Å². The van der Waals surface area contributed by atoms with Crippen LogP contribution in [0, 0.1) is 0 Å². The molecule has 0 N–H and O–H groups in total. The van der Waals surface area contributed by atoms with Crippen molar-refractivity contribution in [3.8, 4) is 0 Å². The Bertz CT molecular complexity index is 246. The van der Waals surface area contributed by atoms with E-state index in [2.05, 4.69) is 6.58 Å². The predicted molar refractivity (Wildman–Crippen MR) is 53.2 cm³/mol. The molecule has 5 nitrogen and oxygen atoms in total. The number of hydrogen-bond acceptors (Lipinski definition) is 5. The molecule has 0 aromatic heterocycles. The molecular formula is C10H16O5. The van der Waals surface area contributed by atoms with E-state index in [0.717, 1.165) is 0 Å². The molecule has 15 heavy (non-hydrogen) atoms. The molecule has 0 radical (unpaired) electrons. The molecule has 0 amide bonds. The molecule has 1 unspecified atom stereocenters. The van der Waals surface area contributed by atoms with Gasteiger partial charge in [0.2, 0.25) is 0 Å². The van der Waals surface area contributed by atoms with E-state index in [9.17, 15) is 9.59 Å². The van der Waals surface area contributed by atoms with Gasteiger partial charge in [0.25, 0.3) is 0 Å². The topological polar surface area (TPSA) is 61.8 Å². The van der Waals surface area contributed by atoms with E-state index in [1.807, 2.05) is 0 Å². The third-order valence-electron chi connectivity index (χ3n) is 1.59. The molecule has 0 aromatic carbocycles. The van der Waals surface area contributed by atoms with Gasteiger partial charge in [-0.1, -0.05) is 6.58 Å². The van der Waals surface area contributed by atoms with Gasteiger partial charge in [-0.15, -0.1) is 0 Å². The van der Waals surface area contributed by atoms with Gasteiger partial charge in [0.15, 0.2) is 6.10 Å². The van der Waals surface area contributed by atoms with Crippen molar-refractivity contribution < 1.29 is 23.8 Å². The fraction of sp³-hybridized carbons (Fsp3) is 0.600. The van der Waals surface area contributed by atoms with Gasteiger partial charge >= 0.3 is 11.9 Å². The van der Waals surface area contributed by atoms with Gasteiger partial charge in [0.1, 0.15) is 13.2 Å². The molecule has 0 rings (SSSR count). The van der Waals surface area contributed by atoms with Crippen molar-refractivity contribution in [3.63, 3.8) is 0 Å². The van der Waals surface area contributed by atoms with Crippen LogP contribution in [0.4, 0.5) is 0 Å². The maximum Gasteiger partial charge on any atom is 0.335 e. The van der Waals surface area contributed by atoms with Gasteiger partial charge < -0.3 is 14.2 Å². The summed E-state index contributed by atoms with van der Waals surface area (Å²) in [7, 11) is 1.41. The zero-order valence-corrected chi connectivity index (χ0v) is 9.24. The molecule has 0 saturated heterocycles. The van der Waals surface area contributed by atoms with Gasteiger partial charge in [-0.05, 0) is 13.8 Å². The van der Waals surface area contributed by atoms with Crippen molar-refractivity contribution in [2.45, 2.75) is 20.0 Å². The summed E-state index contributed by atoms with van der Waals surface area (Å²) in [6, 6.07) is 0. The molecule has 0 aliphatic carbocycles. The number of ether oxygens (including phenoxy) is 3. The first kappa shape index (κ1) is 13.6. The van der Waals surface area contributed by atoms with Crippen molar-refractivity contribution in [1.29, 1.82) is 0 Å². The van der Waals surface area contributed by atoms with E-state index in [4.69, 9.17) is 14.2 Å². The highest BCUT2D eigenvalue weighted by Gasteiger charge is 2.12. The Kier molecular flexibility index (Phi) is 6.37. The average molecular weight is 216 g/mol. The molecule has 0 aliphatic heterocycles. The maximum absolute atomic E-state index is 11.0. The summed E-state index contributed by atoms with van der Waals surface area (Å²) < 4.78 is 14.2. The number of carbonyl (C=O) groups excluding carboxylic acids is 2. The van der Waals surface area contributed by atoms with Crippen LogP contribution in [0.3, 0.4) is 0 Å². The van der Waals surface area contributed by atoms with Crippen LogP contribution < -0.4 is 0 Å². The molecule has 1 atom stereocenters. The first-order valence-electron chi connectivity index (χ1n) is 4.51. The van der Waals surface area contributed by atoms with Crippen LogP contribution in [0.25, 0.3) is 0 Å². The van der Waals surface area contributed by atoms with E-state index in [1.165, 1.54) is 7.11 Å². The maximum atomic E-state index is 11.0. The third kappa shape index (κ3) is 5.85. The molecule has 0 heterocycles. The largest absolute Gasteiger partial charge is 0.460 e. The lowest BCUT2D eigenvalue weighted by Gasteiger charge is -2.09. The summed E-state index contributed by atoms with van der Waals surface area (Å²) >= 11 is 0. The predicted octanol–water partition coefficient (Wildman–Crippen LogP) is 0.684. The average Bonchev–Trinajstić information content (AvgIpc) is 2.22. The van der Waals surface area contributed by atoms with Crippen LogP contribution in [-0.2, 0) is 23.8 Å². The molecule has 5 heteroatoms. The highest BCUT2D eigenvalue weighted by atomic mass is 16.6. The van der Waals surface area contributed by atoms with Gasteiger partial charge in [-0.3, -0.25) is 0 Å². The van der Waals surface area contributed by atoms with E-state index in [0.29, 0.717) is 5.57 Å². The number of rotatable bonds is 6. The van der Waals surface area contributed by atoms with E-state index in [-0.39, 0.29) is 13.2 Å². The summed E-state index contributed by atoms with van der Waals surface area (Å²) in [5.74, 6) is -0.977. The first-order chi connectivity index (χ1) is 6.99. The Morgan fingerprint density at radius 3 is 2.27 bits per heavy atom. The Morgan fingerprint density at radius 2 is 1.80 bits per heavy atom. The van der Waals surface area contributed by atoms with Crippen LogP contribution in [0.5, 0.6) is 0 Å². The highest BCUT2D eigenvalue weighted by molar-refractivity contribution is 5.86. The minimum atomic E-state index is -0.609. The monoisotopic (exact) mass is 216 g/mol. The van der Waals surface area contributed by atoms with Crippen molar-refractivity contribution in [2.24, 2.45) is 0 Å². The molecule has 0 spiro atoms.